The molecule has 0 spiro atoms. The van der Waals surface area contributed by atoms with Crippen LogP contribution in [0.2, 0.25) is 0 Å². The number of rotatable bonds is 5. The number of aliphatic hydroxyl groups excluding tert-OH is 2. The van der Waals surface area contributed by atoms with Crippen LogP contribution in [0.15, 0.2) is 60.0 Å². The summed E-state index contributed by atoms with van der Waals surface area (Å²) < 4.78 is 0. The van der Waals surface area contributed by atoms with E-state index < -0.39 is 12.1 Å². The Morgan fingerprint density at radius 2 is 2.07 bits per heavy atom. The number of allylic oxidation sites excluding steroid dienone is 1. The van der Waals surface area contributed by atoms with Gasteiger partial charge in [0.1, 0.15) is 17.4 Å². The molecule has 1 unspecified atom stereocenters. The summed E-state index contributed by atoms with van der Waals surface area (Å²) in [4.78, 5) is 14.6. The molecule has 0 saturated carbocycles. The van der Waals surface area contributed by atoms with Crippen LogP contribution in [-0.2, 0) is 0 Å². The maximum Gasteiger partial charge on any atom is 0.250 e. The molecule has 0 aliphatic rings. The molecule has 2 aromatic carbocycles. The van der Waals surface area contributed by atoms with E-state index in [1.807, 2.05) is 18.2 Å². The highest BCUT2D eigenvalue weighted by molar-refractivity contribution is 6.09. The molecule has 27 heavy (non-hydrogen) atoms. The fourth-order valence-electron chi connectivity index (χ4n) is 2.96. The van der Waals surface area contributed by atoms with E-state index in [9.17, 15) is 15.0 Å². The summed E-state index contributed by atoms with van der Waals surface area (Å²) in [5.41, 5.74) is 8.62. The van der Waals surface area contributed by atoms with Gasteiger partial charge in [-0.1, -0.05) is 18.2 Å². The molecule has 3 aromatic rings. The van der Waals surface area contributed by atoms with E-state index in [-0.39, 0.29) is 11.3 Å². The number of fused-ring (bicyclic) bond motifs is 1. The van der Waals surface area contributed by atoms with E-state index in [0.29, 0.717) is 16.8 Å². The summed E-state index contributed by atoms with van der Waals surface area (Å²) in [5.74, 6) is -0.757. The van der Waals surface area contributed by atoms with Gasteiger partial charge >= 0.3 is 0 Å². The summed E-state index contributed by atoms with van der Waals surface area (Å²) >= 11 is 0. The molecular weight excluding hydrogens is 344 g/mol. The third-order valence-electron chi connectivity index (χ3n) is 4.25. The van der Waals surface area contributed by atoms with Crippen molar-refractivity contribution in [1.82, 2.24) is 4.98 Å². The quantitative estimate of drug-likeness (QED) is 0.270. The highest BCUT2D eigenvalue weighted by Crippen LogP contribution is 2.31. The lowest BCUT2D eigenvalue weighted by atomic mass is 9.98. The molecule has 6 N–H and O–H groups in total. The molecule has 0 aliphatic heterocycles. The molecule has 7 heteroatoms. The molecule has 1 aromatic heterocycles. The zero-order valence-electron chi connectivity index (χ0n) is 14.5. The Balaban J connectivity index is 2.00. The molecule has 3 rings (SSSR count). The Kier molecular flexibility index (Phi) is 4.83. The van der Waals surface area contributed by atoms with Crippen molar-refractivity contribution >= 4 is 22.5 Å². The van der Waals surface area contributed by atoms with Crippen molar-refractivity contribution in [2.45, 2.75) is 13.2 Å². The minimum Gasteiger partial charge on any atom is -0.511 e. The fourth-order valence-corrected chi connectivity index (χ4v) is 2.96. The Labute approximate surface area is 155 Å². The fraction of sp³-hybridized carbons (Fsp3) is 0.100. The van der Waals surface area contributed by atoms with E-state index in [1.165, 1.54) is 6.92 Å². The molecule has 0 bridgehead atoms. The van der Waals surface area contributed by atoms with Gasteiger partial charge in [-0.3, -0.25) is 4.79 Å². The summed E-state index contributed by atoms with van der Waals surface area (Å²) in [6.07, 6.45) is 0.403. The van der Waals surface area contributed by atoms with Crippen LogP contribution in [0.3, 0.4) is 0 Å². The first-order chi connectivity index (χ1) is 12.9. The number of hydrogen-bond acceptors (Lipinski definition) is 5. The summed E-state index contributed by atoms with van der Waals surface area (Å²) in [6, 6.07) is 14.3. The van der Waals surface area contributed by atoms with Gasteiger partial charge in [-0.05, 0) is 42.3 Å². The van der Waals surface area contributed by atoms with Crippen LogP contribution in [0, 0.1) is 11.3 Å². The molecule has 1 heterocycles. The Morgan fingerprint density at radius 1 is 1.30 bits per heavy atom. The van der Waals surface area contributed by atoms with Crippen LogP contribution in [0.5, 0.6) is 0 Å². The predicted molar refractivity (Wildman–Crippen MR) is 103 cm³/mol. The van der Waals surface area contributed by atoms with E-state index in [1.54, 1.807) is 36.5 Å². The third kappa shape index (κ3) is 3.47. The maximum absolute atomic E-state index is 11.6. The number of nitrogens with two attached hydrogens (primary N) is 1. The van der Waals surface area contributed by atoms with Crippen LogP contribution in [0.25, 0.3) is 22.0 Å². The van der Waals surface area contributed by atoms with Crippen molar-refractivity contribution < 1.29 is 15.0 Å². The second kappa shape index (κ2) is 7.23. The number of anilines is 1. The van der Waals surface area contributed by atoms with Crippen molar-refractivity contribution in [3.05, 3.63) is 65.6 Å². The zero-order chi connectivity index (χ0) is 19.6. The van der Waals surface area contributed by atoms with Gasteiger partial charge in [-0.15, -0.1) is 0 Å². The number of aliphatic hydroxyl groups is 2. The topological polar surface area (TPSA) is 135 Å². The molecule has 136 valence electrons. The van der Waals surface area contributed by atoms with E-state index >= 15 is 0 Å². The third-order valence-corrected chi connectivity index (χ3v) is 4.25. The number of amides is 1. The van der Waals surface area contributed by atoms with Gasteiger partial charge in [-0.2, -0.15) is 5.26 Å². The lowest BCUT2D eigenvalue weighted by molar-refractivity contribution is 0.100. The molecule has 7 nitrogen and oxygen atoms in total. The van der Waals surface area contributed by atoms with E-state index in [2.05, 4.69) is 10.3 Å². The number of hydrogen-bond donors (Lipinski definition) is 5. The number of H-pyrrole nitrogens is 1. The zero-order valence-corrected chi connectivity index (χ0v) is 14.5. The number of primary amides is 1. The largest absolute Gasteiger partial charge is 0.511 e. The first-order valence-corrected chi connectivity index (χ1v) is 8.17. The van der Waals surface area contributed by atoms with Crippen molar-refractivity contribution in [2.75, 3.05) is 5.32 Å². The minimum atomic E-state index is -1.33. The van der Waals surface area contributed by atoms with Crippen LogP contribution in [0.4, 0.5) is 5.69 Å². The molecular formula is C20H18N4O3. The van der Waals surface area contributed by atoms with Crippen LogP contribution in [-0.4, -0.2) is 27.3 Å². The Morgan fingerprint density at radius 3 is 2.74 bits per heavy atom. The molecule has 0 aliphatic carbocycles. The first kappa shape index (κ1) is 18.0. The summed E-state index contributed by atoms with van der Waals surface area (Å²) in [5, 5.41) is 32.3. The van der Waals surface area contributed by atoms with Crippen LogP contribution in [0.1, 0.15) is 17.3 Å². The van der Waals surface area contributed by atoms with E-state index in [4.69, 9.17) is 11.0 Å². The number of aromatic amines is 1. The molecule has 0 radical (unpaired) electrons. The maximum atomic E-state index is 11.6. The number of nitriles is 1. The van der Waals surface area contributed by atoms with Gasteiger partial charge in [-0.25, -0.2) is 0 Å². The normalized spacial score (nSPS) is 12.9. The predicted octanol–water partition coefficient (Wildman–Crippen LogP) is 3.02. The Bertz CT molecular complexity index is 1090. The number of benzene rings is 2. The summed E-state index contributed by atoms with van der Waals surface area (Å²) in [7, 11) is 0. The van der Waals surface area contributed by atoms with Gasteiger partial charge < -0.3 is 26.2 Å². The monoisotopic (exact) mass is 362 g/mol. The molecule has 1 atom stereocenters. The average molecular weight is 362 g/mol. The van der Waals surface area contributed by atoms with Crippen molar-refractivity contribution in [3.63, 3.8) is 0 Å². The van der Waals surface area contributed by atoms with Crippen LogP contribution < -0.4 is 11.1 Å². The van der Waals surface area contributed by atoms with Crippen LogP contribution >= 0.6 is 0 Å². The highest BCUT2D eigenvalue weighted by atomic mass is 16.3. The van der Waals surface area contributed by atoms with Crippen molar-refractivity contribution in [3.8, 4) is 17.2 Å². The second-order valence-corrected chi connectivity index (χ2v) is 6.03. The number of nitrogens with one attached hydrogen (secondary N) is 2. The minimum absolute atomic E-state index is 0.153. The van der Waals surface area contributed by atoms with Crippen molar-refractivity contribution in [2.24, 2.45) is 5.73 Å². The highest BCUT2D eigenvalue weighted by Gasteiger charge is 2.15. The standard InChI is InChI=1S/C20H18N4O3/c1-11(25)17(10-21)20(27)24-13-4-2-3-12(9-13)14-5-6-16(19(22)26)18-15(14)7-8-23-18/h2-9,20,23-25,27H,1H3,(H2,22,26)/b17-11+. The Hall–Kier alpha value is -3.76. The SMILES string of the molecule is C/C(O)=C(/C#N)C(O)Nc1cccc(-c2ccc(C(N)=O)c3[nH]ccc23)c1. The average Bonchev–Trinajstić information content (AvgIpc) is 3.10. The number of aromatic nitrogens is 1. The number of nitrogens with zero attached hydrogens (tertiary/aromatic N) is 1. The van der Waals surface area contributed by atoms with Crippen molar-refractivity contribution in [1.29, 1.82) is 5.26 Å². The number of carbonyl (C=O) groups excluding carboxylic acids is 1. The smallest absolute Gasteiger partial charge is 0.250 e. The van der Waals surface area contributed by atoms with Gasteiger partial charge in [0.2, 0.25) is 0 Å². The first-order valence-electron chi connectivity index (χ1n) is 8.17. The second-order valence-electron chi connectivity index (χ2n) is 6.03. The molecule has 1 amide bonds. The van der Waals surface area contributed by atoms with Gasteiger partial charge in [0.15, 0.2) is 6.23 Å². The van der Waals surface area contributed by atoms with Gasteiger partial charge in [0, 0.05) is 17.3 Å². The lowest BCUT2D eigenvalue weighted by Gasteiger charge is -2.15. The van der Waals surface area contributed by atoms with E-state index in [0.717, 1.165) is 16.5 Å². The summed E-state index contributed by atoms with van der Waals surface area (Å²) in [6.45, 7) is 1.34. The van der Waals surface area contributed by atoms with Gasteiger partial charge in [0.05, 0.1) is 11.1 Å². The van der Waals surface area contributed by atoms with Gasteiger partial charge in [0.25, 0.3) is 5.91 Å². The number of carbonyl (C=O) groups is 1. The molecule has 0 saturated heterocycles. The lowest BCUT2D eigenvalue weighted by Crippen LogP contribution is -2.21. The molecule has 0 fully saturated rings.